The Hall–Kier alpha value is -1.70. The quantitative estimate of drug-likeness (QED) is 0.834. The summed E-state index contributed by atoms with van der Waals surface area (Å²) in [5.74, 6) is 0. The van der Waals surface area contributed by atoms with E-state index < -0.39 is 10.0 Å². The maximum absolute atomic E-state index is 12.3. The van der Waals surface area contributed by atoms with Gasteiger partial charge in [0.1, 0.15) is 9.88 Å². The van der Waals surface area contributed by atoms with Crippen molar-refractivity contribution in [2.24, 2.45) is 5.73 Å². The maximum atomic E-state index is 12.3. The molecule has 0 radical (unpaired) electrons. The van der Waals surface area contributed by atoms with Crippen LogP contribution >= 0.6 is 23.8 Å². The first kappa shape index (κ1) is 15.7. The molecule has 0 saturated heterocycles. The number of aromatic nitrogens is 1. The van der Waals surface area contributed by atoms with Gasteiger partial charge in [-0.05, 0) is 31.2 Å². The SMILES string of the molecule is Cc1ccc(NS(=O)(=O)c2ccc(C(N)=S)cc2Cl)cn1. The fraction of sp³-hybridized carbons (Fsp3) is 0.0769. The lowest BCUT2D eigenvalue weighted by Crippen LogP contribution is -2.15. The molecule has 0 aliphatic rings. The van der Waals surface area contributed by atoms with Gasteiger partial charge in [0.15, 0.2) is 0 Å². The number of hydrogen-bond acceptors (Lipinski definition) is 4. The van der Waals surface area contributed by atoms with Crippen LogP contribution in [0.25, 0.3) is 0 Å². The van der Waals surface area contributed by atoms with Gasteiger partial charge in [-0.15, -0.1) is 0 Å². The zero-order valence-electron chi connectivity index (χ0n) is 11.0. The minimum atomic E-state index is -3.81. The highest BCUT2D eigenvalue weighted by Crippen LogP contribution is 2.24. The molecule has 0 aliphatic heterocycles. The van der Waals surface area contributed by atoms with E-state index in [1.807, 2.05) is 6.92 Å². The molecule has 21 heavy (non-hydrogen) atoms. The zero-order valence-corrected chi connectivity index (χ0v) is 13.4. The van der Waals surface area contributed by atoms with Crippen molar-refractivity contribution in [3.8, 4) is 0 Å². The number of nitrogens with one attached hydrogen (secondary N) is 1. The van der Waals surface area contributed by atoms with Gasteiger partial charge in [0, 0.05) is 11.3 Å². The van der Waals surface area contributed by atoms with E-state index in [9.17, 15) is 8.42 Å². The first-order chi connectivity index (χ1) is 9.79. The number of nitrogens with two attached hydrogens (primary N) is 1. The summed E-state index contributed by atoms with van der Waals surface area (Å²) in [5.41, 5.74) is 7.13. The first-order valence-corrected chi connectivity index (χ1v) is 8.11. The molecule has 0 fully saturated rings. The minimum Gasteiger partial charge on any atom is -0.389 e. The van der Waals surface area contributed by atoms with Crippen molar-refractivity contribution >= 4 is 44.5 Å². The highest BCUT2D eigenvalue weighted by Gasteiger charge is 2.18. The molecular formula is C13H12ClN3O2S2. The van der Waals surface area contributed by atoms with Gasteiger partial charge in [0.25, 0.3) is 10.0 Å². The number of hydrogen-bond donors (Lipinski definition) is 2. The van der Waals surface area contributed by atoms with Crippen molar-refractivity contribution in [1.29, 1.82) is 0 Å². The molecule has 8 heteroatoms. The van der Waals surface area contributed by atoms with Crippen LogP contribution in [0.4, 0.5) is 5.69 Å². The summed E-state index contributed by atoms with van der Waals surface area (Å²) < 4.78 is 27.0. The average molecular weight is 342 g/mol. The van der Waals surface area contributed by atoms with E-state index in [-0.39, 0.29) is 14.9 Å². The van der Waals surface area contributed by atoms with E-state index in [0.717, 1.165) is 5.69 Å². The third-order valence-electron chi connectivity index (χ3n) is 2.67. The predicted molar refractivity (Wildman–Crippen MR) is 87.1 cm³/mol. The number of pyridine rings is 1. The Morgan fingerprint density at radius 3 is 2.57 bits per heavy atom. The Morgan fingerprint density at radius 1 is 1.33 bits per heavy atom. The third-order valence-corrected chi connectivity index (χ3v) is 4.77. The molecule has 1 heterocycles. The van der Waals surface area contributed by atoms with E-state index in [1.54, 1.807) is 12.1 Å². The lowest BCUT2D eigenvalue weighted by Gasteiger charge is -2.10. The van der Waals surface area contributed by atoms with Gasteiger partial charge in [0.2, 0.25) is 0 Å². The molecule has 0 spiro atoms. The van der Waals surface area contributed by atoms with Gasteiger partial charge in [-0.3, -0.25) is 9.71 Å². The van der Waals surface area contributed by atoms with Crippen LogP contribution in [0, 0.1) is 6.92 Å². The number of anilines is 1. The molecular weight excluding hydrogens is 330 g/mol. The standard InChI is InChI=1S/C13H12ClN3O2S2/c1-8-2-4-10(7-16-8)17-21(18,19)12-5-3-9(13(15)20)6-11(12)14/h2-7,17H,1H3,(H2,15,20). The zero-order chi connectivity index (χ0) is 15.6. The number of halogens is 1. The summed E-state index contributed by atoms with van der Waals surface area (Å²) in [4.78, 5) is 4.12. The fourth-order valence-corrected chi connectivity index (χ4v) is 3.33. The smallest absolute Gasteiger partial charge is 0.263 e. The van der Waals surface area contributed by atoms with E-state index >= 15 is 0 Å². The number of rotatable bonds is 4. The van der Waals surface area contributed by atoms with Crippen molar-refractivity contribution in [3.63, 3.8) is 0 Å². The lowest BCUT2D eigenvalue weighted by molar-refractivity contribution is 0.601. The second-order valence-corrected chi connectivity index (χ2v) is 6.80. The van der Waals surface area contributed by atoms with Gasteiger partial charge >= 0.3 is 0 Å². The van der Waals surface area contributed by atoms with Crippen LogP contribution in [0.2, 0.25) is 5.02 Å². The van der Waals surface area contributed by atoms with E-state index in [4.69, 9.17) is 29.6 Å². The molecule has 0 bridgehead atoms. The van der Waals surface area contributed by atoms with Crippen molar-refractivity contribution in [2.75, 3.05) is 4.72 Å². The number of benzene rings is 1. The van der Waals surface area contributed by atoms with Crippen LogP contribution < -0.4 is 10.5 Å². The molecule has 2 rings (SSSR count). The topological polar surface area (TPSA) is 85.1 Å². The molecule has 3 N–H and O–H groups in total. The van der Waals surface area contributed by atoms with Crippen LogP contribution in [-0.2, 0) is 10.0 Å². The largest absolute Gasteiger partial charge is 0.389 e. The van der Waals surface area contributed by atoms with Gasteiger partial charge in [-0.25, -0.2) is 8.42 Å². The Morgan fingerprint density at radius 2 is 2.05 bits per heavy atom. The van der Waals surface area contributed by atoms with Gasteiger partial charge in [-0.2, -0.15) is 0 Å². The Balaban J connectivity index is 2.35. The second-order valence-electron chi connectivity index (χ2n) is 4.30. The monoisotopic (exact) mass is 341 g/mol. The number of thiocarbonyl (C=S) groups is 1. The molecule has 0 amide bonds. The molecule has 0 atom stereocenters. The maximum Gasteiger partial charge on any atom is 0.263 e. The number of nitrogens with zero attached hydrogens (tertiary/aromatic N) is 1. The summed E-state index contributed by atoms with van der Waals surface area (Å²) in [6.07, 6.45) is 1.43. The fourth-order valence-electron chi connectivity index (χ4n) is 1.61. The van der Waals surface area contributed by atoms with E-state index in [2.05, 4.69) is 9.71 Å². The molecule has 2 aromatic rings. The highest BCUT2D eigenvalue weighted by molar-refractivity contribution is 7.92. The van der Waals surface area contributed by atoms with Gasteiger partial charge in [-0.1, -0.05) is 29.9 Å². The van der Waals surface area contributed by atoms with Crippen molar-refractivity contribution in [1.82, 2.24) is 4.98 Å². The third kappa shape index (κ3) is 3.69. The Bertz CT molecular complexity index is 790. The predicted octanol–water partition coefficient (Wildman–Crippen LogP) is 2.48. The summed E-state index contributed by atoms with van der Waals surface area (Å²) in [7, 11) is -3.81. The van der Waals surface area contributed by atoms with Crippen LogP contribution in [0.1, 0.15) is 11.3 Å². The normalized spacial score (nSPS) is 11.1. The molecule has 5 nitrogen and oxygen atoms in total. The number of aryl methyl sites for hydroxylation is 1. The summed E-state index contributed by atoms with van der Waals surface area (Å²) >= 11 is 10.8. The molecule has 110 valence electrons. The molecule has 0 aliphatic carbocycles. The average Bonchev–Trinajstić information content (AvgIpc) is 2.40. The van der Waals surface area contributed by atoms with Crippen LogP contribution in [-0.4, -0.2) is 18.4 Å². The second kappa shape index (κ2) is 5.97. The summed E-state index contributed by atoms with van der Waals surface area (Å²) in [6, 6.07) is 7.62. The highest BCUT2D eigenvalue weighted by atomic mass is 35.5. The van der Waals surface area contributed by atoms with Gasteiger partial charge in [0.05, 0.1) is 16.9 Å². The van der Waals surface area contributed by atoms with E-state index in [1.165, 1.54) is 24.4 Å². The van der Waals surface area contributed by atoms with Crippen molar-refractivity contribution in [3.05, 3.63) is 52.8 Å². The van der Waals surface area contributed by atoms with Crippen LogP contribution in [0.3, 0.4) is 0 Å². The Labute approximate surface area is 133 Å². The van der Waals surface area contributed by atoms with Crippen molar-refractivity contribution in [2.45, 2.75) is 11.8 Å². The van der Waals surface area contributed by atoms with Crippen LogP contribution in [0.15, 0.2) is 41.4 Å². The minimum absolute atomic E-state index is 0.0490. The number of sulfonamides is 1. The summed E-state index contributed by atoms with van der Waals surface area (Å²) in [5, 5.41) is 0.0490. The van der Waals surface area contributed by atoms with Gasteiger partial charge < -0.3 is 5.73 Å². The van der Waals surface area contributed by atoms with Crippen LogP contribution in [0.5, 0.6) is 0 Å². The summed E-state index contributed by atoms with van der Waals surface area (Å²) in [6.45, 7) is 1.81. The lowest BCUT2D eigenvalue weighted by atomic mass is 10.2. The van der Waals surface area contributed by atoms with E-state index in [0.29, 0.717) is 11.3 Å². The molecule has 0 saturated carbocycles. The van der Waals surface area contributed by atoms with Crippen molar-refractivity contribution < 1.29 is 8.42 Å². The molecule has 1 aromatic carbocycles. The molecule has 0 unspecified atom stereocenters. The Kier molecular flexibility index (Phi) is 4.46. The molecule has 1 aromatic heterocycles. The first-order valence-electron chi connectivity index (χ1n) is 5.84.